The molecule has 3 heteroatoms. The van der Waals surface area contributed by atoms with E-state index in [2.05, 4.69) is 13.8 Å². The van der Waals surface area contributed by atoms with Crippen molar-refractivity contribution in [2.75, 3.05) is 20.3 Å². The molecule has 95 valence electrons. The summed E-state index contributed by atoms with van der Waals surface area (Å²) in [4.78, 5) is 0. The molecule has 0 aliphatic rings. The van der Waals surface area contributed by atoms with Gasteiger partial charge in [-0.25, -0.2) is 0 Å². The van der Waals surface area contributed by atoms with Crippen LogP contribution in [0.2, 0.25) is 0 Å². The first-order valence-electron chi connectivity index (χ1n) is 5.82. The quantitative estimate of drug-likeness (QED) is 0.826. The normalized spacial score (nSPS) is 11.0. The highest BCUT2D eigenvalue weighted by Crippen LogP contribution is 2.27. The van der Waals surface area contributed by atoms with Crippen molar-refractivity contribution in [1.82, 2.24) is 0 Å². The molecule has 1 aromatic carbocycles. The monoisotopic (exact) mass is 237 g/mol. The van der Waals surface area contributed by atoms with E-state index < -0.39 is 0 Å². The number of aliphatic hydroxyl groups is 1. The Morgan fingerprint density at radius 1 is 1.24 bits per heavy atom. The van der Waals surface area contributed by atoms with Crippen LogP contribution in [0.4, 0.5) is 0 Å². The Labute approximate surface area is 103 Å². The van der Waals surface area contributed by atoms with Gasteiger partial charge in [-0.1, -0.05) is 20.8 Å². The summed E-state index contributed by atoms with van der Waals surface area (Å²) >= 11 is 0. The van der Waals surface area contributed by atoms with Gasteiger partial charge >= 0.3 is 0 Å². The van der Waals surface area contributed by atoms with E-state index in [9.17, 15) is 0 Å². The molecule has 0 atom stereocenters. The molecule has 17 heavy (non-hydrogen) atoms. The smallest absolute Gasteiger partial charge is 0.123 e. The van der Waals surface area contributed by atoms with Crippen LogP contribution in [0.5, 0.6) is 11.5 Å². The average molecular weight is 237 g/mol. The van der Waals surface area contributed by atoms with Gasteiger partial charge in [-0.3, -0.25) is 0 Å². The Morgan fingerprint density at radius 2 is 1.88 bits per heavy atom. The molecule has 1 N–H and O–H groups in total. The summed E-state index contributed by atoms with van der Waals surface area (Å²) in [5.41, 5.74) is 0.950. The van der Waals surface area contributed by atoms with E-state index in [0.29, 0.717) is 12.5 Å². The summed E-state index contributed by atoms with van der Waals surface area (Å²) in [6.07, 6.45) is 0. The van der Waals surface area contributed by atoms with Crippen LogP contribution >= 0.6 is 0 Å². The van der Waals surface area contributed by atoms with Gasteiger partial charge in [0.2, 0.25) is 0 Å². The van der Waals surface area contributed by atoms with E-state index >= 15 is 0 Å². The molecule has 3 nitrogen and oxygen atoms in total. The lowest BCUT2D eigenvalue weighted by Crippen LogP contribution is -2.06. The maximum Gasteiger partial charge on any atom is 0.123 e. The lowest BCUT2D eigenvalue weighted by atomic mass is 10.0. The average Bonchev–Trinajstić information content (AvgIpc) is 2.34. The van der Waals surface area contributed by atoms with Gasteiger partial charge in [0.05, 0.1) is 20.3 Å². The van der Waals surface area contributed by atoms with E-state index in [0.717, 1.165) is 23.0 Å². The van der Waals surface area contributed by atoms with Crippen molar-refractivity contribution in [2.24, 2.45) is 5.92 Å². The number of hydrogen-bond donors (Lipinski definition) is 1. The molecule has 0 fully saturated rings. The maximum absolute atomic E-state index is 9.14. The molecule has 0 aliphatic heterocycles. The molecular weight excluding hydrogens is 216 g/mol. The van der Waals surface area contributed by atoms with Crippen molar-refractivity contribution >= 4 is 0 Å². The Hall–Kier alpha value is -1.22. The van der Waals surface area contributed by atoms with Crippen molar-refractivity contribution in [3.05, 3.63) is 29.7 Å². The van der Waals surface area contributed by atoms with Gasteiger partial charge in [0, 0.05) is 12.0 Å². The highest BCUT2D eigenvalue weighted by atomic mass is 16.5. The Kier molecular flexibility index (Phi) is 5.29. The first kappa shape index (κ1) is 13.8. The van der Waals surface area contributed by atoms with Gasteiger partial charge in [-0.2, -0.15) is 0 Å². The van der Waals surface area contributed by atoms with Crippen molar-refractivity contribution in [3.63, 3.8) is 0 Å². The number of ether oxygens (including phenoxy) is 2. The standard InChI is InChI=1S/C14H21O3/c1-10(2)9-17-14-6-12(11(3)8-15)5-13(7-14)16-4/h5-7,10,15H,8-9H2,1-4H3. The topological polar surface area (TPSA) is 38.7 Å². The first-order chi connectivity index (χ1) is 8.06. The molecule has 1 aromatic rings. The van der Waals surface area contributed by atoms with Gasteiger partial charge < -0.3 is 14.6 Å². The van der Waals surface area contributed by atoms with Crippen molar-refractivity contribution < 1.29 is 14.6 Å². The van der Waals surface area contributed by atoms with Gasteiger partial charge in [0.15, 0.2) is 0 Å². The predicted molar refractivity (Wildman–Crippen MR) is 68.4 cm³/mol. The van der Waals surface area contributed by atoms with Gasteiger partial charge in [0.25, 0.3) is 0 Å². The summed E-state index contributed by atoms with van der Waals surface area (Å²) in [5.74, 6) is 2.90. The zero-order chi connectivity index (χ0) is 12.8. The van der Waals surface area contributed by atoms with Crippen LogP contribution in [0.25, 0.3) is 0 Å². The fourth-order valence-electron chi connectivity index (χ4n) is 1.37. The third-order valence-electron chi connectivity index (χ3n) is 2.43. The SMILES string of the molecule is COc1cc(OCC(C)C)cc([C](C)CO)c1. The Bertz CT molecular complexity index is 347. The molecule has 1 radical (unpaired) electrons. The van der Waals surface area contributed by atoms with Crippen LogP contribution in [0, 0.1) is 11.8 Å². The summed E-state index contributed by atoms with van der Waals surface area (Å²) < 4.78 is 10.9. The molecule has 0 spiro atoms. The van der Waals surface area contributed by atoms with E-state index in [-0.39, 0.29) is 6.61 Å². The second kappa shape index (κ2) is 6.50. The minimum Gasteiger partial charge on any atom is -0.497 e. The minimum absolute atomic E-state index is 0.0385. The van der Waals surface area contributed by atoms with Crippen molar-refractivity contribution in [3.8, 4) is 11.5 Å². The summed E-state index contributed by atoms with van der Waals surface area (Å²) in [5, 5.41) is 9.14. The molecule has 1 rings (SSSR count). The largest absolute Gasteiger partial charge is 0.497 e. The fourth-order valence-corrected chi connectivity index (χ4v) is 1.37. The number of benzene rings is 1. The van der Waals surface area contributed by atoms with E-state index in [1.165, 1.54) is 0 Å². The number of aliphatic hydroxyl groups excluding tert-OH is 1. The molecule has 0 heterocycles. The Balaban J connectivity index is 2.88. The zero-order valence-corrected chi connectivity index (χ0v) is 11.0. The van der Waals surface area contributed by atoms with Crippen LogP contribution in [-0.4, -0.2) is 25.4 Å². The number of rotatable bonds is 6. The summed E-state index contributed by atoms with van der Waals surface area (Å²) in [7, 11) is 1.62. The molecule has 0 aromatic heterocycles. The van der Waals surface area contributed by atoms with Crippen molar-refractivity contribution in [1.29, 1.82) is 0 Å². The maximum atomic E-state index is 9.14. The van der Waals surface area contributed by atoms with Crippen LogP contribution in [0.15, 0.2) is 18.2 Å². The minimum atomic E-state index is 0.0385. The third kappa shape index (κ3) is 4.27. The Morgan fingerprint density at radius 3 is 2.41 bits per heavy atom. The molecule has 0 saturated heterocycles. The van der Waals surface area contributed by atoms with Crippen LogP contribution < -0.4 is 9.47 Å². The van der Waals surface area contributed by atoms with E-state index in [1.807, 2.05) is 25.1 Å². The molecule has 0 unspecified atom stereocenters. The fraction of sp³-hybridized carbons (Fsp3) is 0.500. The van der Waals surface area contributed by atoms with Gasteiger partial charge in [-0.05, 0) is 23.6 Å². The predicted octanol–water partition coefficient (Wildman–Crippen LogP) is 2.66. The molecule has 0 bridgehead atoms. The summed E-state index contributed by atoms with van der Waals surface area (Å²) in [6.45, 7) is 6.81. The van der Waals surface area contributed by atoms with E-state index in [1.54, 1.807) is 7.11 Å². The van der Waals surface area contributed by atoms with E-state index in [4.69, 9.17) is 14.6 Å². The molecule has 0 aliphatic carbocycles. The van der Waals surface area contributed by atoms with Crippen molar-refractivity contribution in [2.45, 2.75) is 20.8 Å². The van der Waals surface area contributed by atoms with Gasteiger partial charge in [-0.15, -0.1) is 0 Å². The highest BCUT2D eigenvalue weighted by Gasteiger charge is 2.09. The molecule has 0 saturated carbocycles. The second-order valence-corrected chi connectivity index (χ2v) is 4.54. The molecular formula is C14H21O3. The van der Waals surface area contributed by atoms with Crippen LogP contribution in [-0.2, 0) is 0 Å². The number of methoxy groups -OCH3 is 1. The lowest BCUT2D eigenvalue weighted by molar-refractivity contribution is 0.269. The van der Waals surface area contributed by atoms with Gasteiger partial charge in [0.1, 0.15) is 11.5 Å². The second-order valence-electron chi connectivity index (χ2n) is 4.54. The lowest BCUT2D eigenvalue weighted by Gasteiger charge is -2.14. The zero-order valence-electron chi connectivity index (χ0n) is 11.0. The third-order valence-corrected chi connectivity index (χ3v) is 2.43. The first-order valence-corrected chi connectivity index (χ1v) is 5.82. The molecule has 0 amide bonds. The highest BCUT2D eigenvalue weighted by molar-refractivity contribution is 5.44. The van der Waals surface area contributed by atoms with Crippen LogP contribution in [0.3, 0.4) is 0 Å². The number of hydrogen-bond acceptors (Lipinski definition) is 3. The van der Waals surface area contributed by atoms with Crippen LogP contribution in [0.1, 0.15) is 26.3 Å². The summed E-state index contributed by atoms with van der Waals surface area (Å²) in [6, 6.07) is 5.68.